The lowest BCUT2D eigenvalue weighted by Crippen LogP contribution is -2.59. The van der Waals surface area contributed by atoms with E-state index in [1.54, 1.807) is 31.3 Å². The lowest BCUT2D eigenvalue weighted by atomic mass is 9.84. The number of benzene rings is 1. The van der Waals surface area contributed by atoms with Gasteiger partial charge in [0.2, 0.25) is 5.91 Å². The molecule has 1 fully saturated rings. The van der Waals surface area contributed by atoms with Crippen LogP contribution < -0.4 is 9.64 Å². The highest BCUT2D eigenvalue weighted by Crippen LogP contribution is 2.32. The fraction of sp³-hybridized carbons (Fsp3) is 0.385. The third-order valence-electron chi connectivity index (χ3n) is 3.26. The van der Waals surface area contributed by atoms with Gasteiger partial charge in [-0.1, -0.05) is 6.07 Å². The number of carboxylic acid groups (broad SMARTS) is 1. The van der Waals surface area contributed by atoms with E-state index < -0.39 is 17.3 Å². The molecule has 0 unspecified atom stereocenters. The number of carboxylic acids is 1. The van der Waals surface area contributed by atoms with Gasteiger partial charge in [0.1, 0.15) is 5.75 Å². The Kier molecular flexibility index (Phi) is 3.44. The number of rotatable bonds is 4. The van der Waals surface area contributed by atoms with Crippen molar-refractivity contribution in [3.63, 3.8) is 0 Å². The van der Waals surface area contributed by atoms with Crippen LogP contribution >= 0.6 is 0 Å². The van der Waals surface area contributed by atoms with Crippen LogP contribution in [0.4, 0.5) is 5.69 Å². The summed E-state index contributed by atoms with van der Waals surface area (Å²) in [6.45, 7) is -0.176. The van der Waals surface area contributed by atoms with E-state index in [0.29, 0.717) is 11.4 Å². The standard InChI is InChI=1S/C13H15NO5/c1-14(9-4-3-5-10(6-9)18-2)11(15)13(12(16)17)7-19-8-13/h3-6H,7-8H2,1-2H3,(H,16,17). The molecule has 0 saturated carbocycles. The SMILES string of the molecule is COc1cccc(N(C)C(=O)C2(C(=O)O)COC2)c1. The maximum absolute atomic E-state index is 12.3. The first-order valence-electron chi connectivity index (χ1n) is 5.74. The van der Waals surface area contributed by atoms with Gasteiger partial charge in [0.05, 0.1) is 20.3 Å². The fourth-order valence-corrected chi connectivity index (χ4v) is 1.90. The smallest absolute Gasteiger partial charge is 0.324 e. The Bertz CT molecular complexity index is 510. The highest BCUT2D eigenvalue weighted by atomic mass is 16.5. The summed E-state index contributed by atoms with van der Waals surface area (Å²) in [5, 5.41) is 9.20. The summed E-state index contributed by atoms with van der Waals surface area (Å²) in [7, 11) is 3.07. The molecule has 0 radical (unpaired) electrons. The Labute approximate surface area is 110 Å². The number of carbonyl (C=O) groups excluding carboxylic acids is 1. The van der Waals surface area contributed by atoms with E-state index in [1.165, 1.54) is 12.0 Å². The molecule has 0 bridgehead atoms. The van der Waals surface area contributed by atoms with E-state index in [-0.39, 0.29) is 13.2 Å². The number of methoxy groups -OCH3 is 1. The maximum Gasteiger partial charge on any atom is 0.324 e. The monoisotopic (exact) mass is 265 g/mol. The van der Waals surface area contributed by atoms with Gasteiger partial charge in [-0.05, 0) is 12.1 Å². The van der Waals surface area contributed by atoms with E-state index in [2.05, 4.69) is 0 Å². The topological polar surface area (TPSA) is 76.1 Å². The Hall–Kier alpha value is -2.08. The second-order valence-electron chi connectivity index (χ2n) is 4.45. The van der Waals surface area contributed by atoms with Crippen molar-refractivity contribution in [1.82, 2.24) is 0 Å². The molecule has 2 rings (SSSR count). The Balaban J connectivity index is 2.25. The molecule has 102 valence electrons. The molecule has 1 heterocycles. The number of anilines is 1. The third-order valence-corrected chi connectivity index (χ3v) is 3.26. The molecular weight excluding hydrogens is 250 g/mol. The molecule has 6 nitrogen and oxygen atoms in total. The number of amides is 1. The summed E-state index contributed by atoms with van der Waals surface area (Å²) in [5.41, 5.74) is -0.880. The molecule has 1 aromatic rings. The summed E-state index contributed by atoms with van der Waals surface area (Å²) in [5.74, 6) is -1.04. The highest BCUT2D eigenvalue weighted by Gasteiger charge is 2.54. The van der Waals surface area contributed by atoms with Crippen LogP contribution in [0.25, 0.3) is 0 Å². The van der Waals surface area contributed by atoms with Crippen LogP contribution in [0.15, 0.2) is 24.3 Å². The van der Waals surface area contributed by atoms with Crippen molar-refractivity contribution >= 4 is 17.6 Å². The molecule has 1 saturated heterocycles. The van der Waals surface area contributed by atoms with Gasteiger partial charge in [-0.25, -0.2) is 0 Å². The number of aliphatic carboxylic acids is 1. The Morgan fingerprint density at radius 3 is 2.58 bits per heavy atom. The van der Waals surface area contributed by atoms with Crippen molar-refractivity contribution in [3.05, 3.63) is 24.3 Å². The summed E-state index contributed by atoms with van der Waals surface area (Å²) < 4.78 is 9.98. The zero-order valence-electron chi connectivity index (χ0n) is 10.8. The summed E-state index contributed by atoms with van der Waals surface area (Å²) in [4.78, 5) is 24.9. The average molecular weight is 265 g/mol. The number of carbonyl (C=O) groups is 2. The molecule has 0 spiro atoms. The Morgan fingerprint density at radius 2 is 2.11 bits per heavy atom. The van der Waals surface area contributed by atoms with E-state index in [4.69, 9.17) is 9.47 Å². The van der Waals surface area contributed by atoms with Crippen LogP contribution in [0, 0.1) is 5.41 Å². The first kappa shape index (κ1) is 13.4. The molecule has 0 atom stereocenters. The maximum atomic E-state index is 12.3. The molecule has 6 heteroatoms. The van der Waals surface area contributed by atoms with Gasteiger partial charge in [0, 0.05) is 18.8 Å². The predicted molar refractivity (Wildman–Crippen MR) is 67.3 cm³/mol. The largest absolute Gasteiger partial charge is 0.497 e. The number of nitrogens with zero attached hydrogens (tertiary/aromatic N) is 1. The molecule has 1 aliphatic heterocycles. The molecular formula is C13H15NO5. The van der Waals surface area contributed by atoms with E-state index in [0.717, 1.165) is 0 Å². The van der Waals surface area contributed by atoms with Crippen LogP contribution in [0.3, 0.4) is 0 Å². The van der Waals surface area contributed by atoms with Crippen molar-refractivity contribution in [1.29, 1.82) is 0 Å². The molecule has 0 aromatic heterocycles. The summed E-state index contributed by atoms with van der Waals surface area (Å²) in [6, 6.07) is 6.88. The van der Waals surface area contributed by atoms with Crippen molar-refractivity contribution < 1.29 is 24.2 Å². The van der Waals surface area contributed by atoms with Gasteiger partial charge in [-0.2, -0.15) is 0 Å². The minimum atomic E-state index is -1.46. The third kappa shape index (κ3) is 2.15. The first-order valence-corrected chi connectivity index (χ1v) is 5.74. The van der Waals surface area contributed by atoms with Crippen LogP contribution in [-0.2, 0) is 14.3 Å². The quantitative estimate of drug-likeness (QED) is 0.813. The molecule has 1 amide bonds. The van der Waals surface area contributed by atoms with Gasteiger partial charge in [0.25, 0.3) is 0 Å². The van der Waals surface area contributed by atoms with Crippen LogP contribution in [0.2, 0.25) is 0 Å². The minimum Gasteiger partial charge on any atom is -0.497 e. The van der Waals surface area contributed by atoms with Gasteiger partial charge >= 0.3 is 5.97 Å². The second-order valence-corrected chi connectivity index (χ2v) is 4.45. The van der Waals surface area contributed by atoms with Gasteiger partial charge in [0.15, 0.2) is 5.41 Å². The first-order chi connectivity index (χ1) is 9.01. The summed E-state index contributed by atoms with van der Waals surface area (Å²) in [6.07, 6.45) is 0. The van der Waals surface area contributed by atoms with Crippen molar-refractivity contribution in [2.24, 2.45) is 5.41 Å². The lowest BCUT2D eigenvalue weighted by Gasteiger charge is -2.38. The highest BCUT2D eigenvalue weighted by molar-refractivity contribution is 6.10. The normalized spacial score (nSPS) is 16.3. The number of ether oxygens (including phenoxy) is 2. The fourth-order valence-electron chi connectivity index (χ4n) is 1.90. The van der Waals surface area contributed by atoms with Gasteiger partial charge < -0.3 is 19.5 Å². The Morgan fingerprint density at radius 1 is 1.42 bits per heavy atom. The zero-order chi connectivity index (χ0) is 14.0. The van der Waals surface area contributed by atoms with Crippen LogP contribution in [-0.4, -0.2) is 44.4 Å². The molecule has 1 N–H and O–H groups in total. The summed E-state index contributed by atoms with van der Waals surface area (Å²) >= 11 is 0. The average Bonchev–Trinajstić information content (AvgIpc) is 2.36. The van der Waals surface area contributed by atoms with Crippen molar-refractivity contribution in [3.8, 4) is 5.75 Å². The molecule has 1 aliphatic rings. The van der Waals surface area contributed by atoms with Crippen molar-refractivity contribution in [2.75, 3.05) is 32.3 Å². The second kappa shape index (κ2) is 4.89. The predicted octanol–water partition coefficient (Wildman–Crippen LogP) is 0.759. The molecule has 1 aromatic carbocycles. The van der Waals surface area contributed by atoms with Crippen LogP contribution in [0.1, 0.15) is 0 Å². The minimum absolute atomic E-state index is 0.0878. The zero-order valence-corrected chi connectivity index (χ0v) is 10.8. The number of hydrogen-bond acceptors (Lipinski definition) is 4. The van der Waals surface area contributed by atoms with Crippen LogP contribution in [0.5, 0.6) is 5.75 Å². The molecule has 19 heavy (non-hydrogen) atoms. The van der Waals surface area contributed by atoms with Crippen molar-refractivity contribution in [2.45, 2.75) is 0 Å². The van der Waals surface area contributed by atoms with E-state index >= 15 is 0 Å². The molecule has 0 aliphatic carbocycles. The van der Waals surface area contributed by atoms with Gasteiger partial charge in [-0.3, -0.25) is 9.59 Å². The van der Waals surface area contributed by atoms with Gasteiger partial charge in [-0.15, -0.1) is 0 Å². The van der Waals surface area contributed by atoms with E-state index in [1.807, 2.05) is 0 Å². The number of hydrogen-bond donors (Lipinski definition) is 1. The lowest BCUT2D eigenvalue weighted by molar-refractivity contribution is -0.183. The van der Waals surface area contributed by atoms with E-state index in [9.17, 15) is 14.7 Å².